The van der Waals surface area contributed by atoms with Gasteiger partial charge in [0.15, 0.2) is 0 Å². The molecule has 36 heavy (non-hydrogen) atoms. The molecule has 2 heterocycles. The van der Waals surface area contributed by atoms with Crippen LogP contribution in [0.1, 0.15) is 22.9 Å². The summed E-state index contributed by atoms with van der Waals surface area (Å²) in [5, 5.41) is 25.8. The summed E-state index contributed by atoms with van der Waals surface area (Å²) in [7, 11) is 1.81. The second-order valence-corrected chi connectivity index (χ2v) is 8.89. The number of halogens is 3. The Morgan fingerprint density at radius 1 is 1.03 bits per heavy atom. The molecule has 1 atom stereocenters. The van der Waals surface area contributed by atoms with Crippen molar-refractivity contribution in [2.75, 3.05) is 10.6 Å². The van der Waals surface area contributed by atoms with E-state index in [0.29, 0.717) is 38.6 Å². The predicted octanol–water partition coefficient (Wildman–Crippen LogP) is 6.63. The molecule has 10 heteroatoms. The normalized spacial score (nSPS) is 11.8. The first-order valence-corrected chi connectivity index (χ1v) is 11.6. The fraction of sp³-hybridized carbons (Fsp3) is 0.0769. The van der Waals surface area contributed by atoms with Crippen molar-refractivity contribution in [3.8, 4) is 6.07 Å². The zero-order valence-electron chi connectivity index (χ0n) is 18.9. The number of nitriles is 1. The topological polar surface area (TPSA) is 91.5 Å². The van der Waals surface area contributed by atoms with Crippen LogP contribution in [0.15, 0.2) is 73.1 Å². The number of hydrogen-bond donors (Lipinski definition) is 2. The number of hydrogen-bond acceptors (Lipinski definition) is 6. The number of anilines is 3. The van der Waals surface area contributed by atoms with E-state index in [1.54, 1.807) is 17.8 Å². The lowest BCUT2D eigenvalue weighted by molar-refractivity contribution is 0.628. The molecule has 0 aliphatic heterocycles. The highest BCUT2D eigenvalue weighted by Crippen LogP contribution is 2.37. The van der Waals surface area contributed by atoms with Crippen LogP contribution in [-0.2, 0) is 7.05 Å². The summed E-state index contributed by atoms with van der Waals surface area (Å²) in [6.45, 7) is 0. The van der Waals surface area contributed by atoms with Crippen molar-refractivity contribution in [1.82, 2.24) is 20.0 Å². The first-order valence-electron chi connectivity index (χ1n) is 10.8. The molecule has 178 valence electrons. The molecule has 5 aromatic rings. The molecule has 0 fully saturated rings. The zero-order chi connectivity index (χ0) is 25.2. The highest BCUT2D eigenvalue weighted by Gasteiger charge is 2.20. The number of fused-ring (bicyclic) bond motifs is 1. The van der Waals surface area contributed by atoms with Gasteiger partial charge in [0.2, 0.25) is 0 Å². The monoisotopic (exact) mass is 517 g/mol. The van der Waals surface area contributed by atoms with Gasteiger partial charge in [-0.2, -0.15) is 5.26 Å². The van der Waals surface area contributed by atoms with Crippen LogP contribution in [0.5, 0.6) is 0 Å². The number of nitrogens with zero attached hydrogens (tertiary/aromatic N) is 5. The van der Waals surface area contributed by atoms with Crippen LogP contribution in [0, 0.1) is 17.1 Å². The minimum atomic E-state index is -0.534. The van der Waals surface area contributed by atoms with Gasteiger partial charge in [-0.05, 0) is 35.9 Å². The Bertz CT molecular complexity index is 1610. The standard InChI is InChI=1S/C26H18Cl2FN7/c1-36-14-23(34-35-36)25(15-5-3-2-4-6-15)33-18-9-19-24(32-17-7-8-22(29)20(27)10-17)16(12-30)13-31-26(19)21(28)11-18/h2-11,13-14,25,33H,1H3,(H,31,32)/t25-/m0/s1. The van der Waals surface area contributed by atoms with Crippen molar-refractivity contribution in [2.24, 2.45) is 7.05 Å². The van der Waals surface area contributed by atoms with Gasteiger partial charge in [-0.3, -0.25) is 9.67 Å². The molecule has 0 aliphatic rings. The fourth-order valence-electron chi connectivity index (χ4n) is 3.92. The third-order valence-electron chi connectivity index (χ3n) is 5.59. The molecule has 0 amide bonds. The molecule has 0 bridgehead atoms. The molecular weight excluding hydrogens is 500 g/mol. The number of aromatic nitrogens is 4. The van der Waals surface area contributed by atoms with E-state index in [1.165, 1.54) is 24.4 Å². The number of benzene rings is 3. The Hall–Kier alpha value is -4.19. The maximum Gasteiger partial charge on any atom is 0.141 e. The van der Waals surface area contributed by atoms with Crippen molar-refractivity contribution in [1.29, 1.82) is 5.26 Å². The molecule has 0 spiro atoms. The van der Waals surface area contributed by atoms with Crippen molar-refractivity contribution in [3.63, 3.8) is 0 Å². The molecule has 3 aromatic carbocycles. The Morgan fingerprint density at radius 3 is 2.50 bits per heavy atom. The number of aryl methyl sites for hydroxylation is 1. The molecule has 2 N–H and O–H groups in total. The lowest BCUT2D eigenvalue weighted by atomic mass is 10.0. The SMILES string of the molecule is Cn1cc([C@@H](Nc2cc(Cl)c3ncc(C#N)c(Nc4ccc(F)c(Cl)c4)c3c2)c2ccccc2)nn1. The van der Waals surface area contributed by atoms with Gasteiger partial charge in [0.05, 0.1) is 39.1 Å². The third-order valence-corrected chi connectivity index (χ3v) is 6.17. The summed E-state index contributed by atoms with van der Waals surface area (Å²) >= 11 is 12.6. The summed E-state index contributed by atoms with van der Waals surface area (Å²) in [4.78, 5) is 4.39. The van der Waals surface area contributed by atoms with Gasteiger partial charge in [0.25, 0.3) is 0 Å². The maximum atomic E-state index is 13.7. The van der Waals surface area contributed by atoms with Gasteiger partial charge in [0, 0.05) is 30.0 Å². The molecule has 0 radical (unpaired) electrons. The van der Waals surface area contributed by atoms with E-state index in [2.05, 4.69) is 32.0 Å². The first kappa shape index (κ1) is 23.5. The Morgan fingerprint density at radius 2 is 1.81 bits per heavy atom. The summed E-state index contributed by atoms with van der Waals surface area (Å²) in [5.74, 6) is -0.534. The molecule has 0 saturated carbocycles. The van der Waals surface area contributed by atoms with Crippen LogP contribution in [-0.4, -0.2) is 20.0 Å². The highest BCUT2D eigenvalue weighted by atomic mass is 35.5. The van der Waals surface area contributed by atoms with Crippen LogP contribution in [0.25, 0.3) is 10.9 Å². The maximum absolute atomic E-state index is 13.7. The summed E-state index contributed by atoms with van der Waals surface area (Å²) in [6.07, 6.45) is 3.29. The smallest absolute Gasteiger partial charge is 0.141 e. The molecule has 0 saturated heterocycles. The van der Waals surface area contributed by atoms with Gasteiger partial charge < -0.3 is 10.6 Å². The number of nitrogens with one attached hydrogen (secondary N) is 2. The highest BCUT2D eigenvalue weighted by molar-refractivity contribution is 6.36. The lowest BCUT2D eigenvalue weighted by Gasteiger charge is -2.20. The fourth-order valence-corrected chi connectivity index (χ4v) is 4.37. The van der Waals surface area contributed by atoms with Gasteiger partial charge in [-0.15, -0.1) is 5.10 Å². The van der Waals surface area contributed by atoms with Crippen LogP contribution < -0.4 is 10.6 Å². The zero-order valence-corrected chi connectivity index (χ0v) is 20.4. The first-order chi connectivity index (χ1) is 17.4. The Labute approximate surface area is 216 Å². The van der Waals surface area contributed by atoms with Crippen LogP contribution >= 0.6 is 23.2 Å². The van der Waals surface area contributed by atoms with Crippen molar-refractivity contribution >= 4 is 51.2 Å². The van der Waals surface area contributed by atoms with E-state index in [9.17, 15) is 9.65 Å². The minimum absolute atomic E-state index is 0.0352. The molecule has 2 aromatic heterocycles. The van der Waals surface area contributed by atoms with Gasteiger partial charge >= 0.3 is 0 Å². The van der Waals surface area contributed by atoms with Crippen LogP contribution in [0.4, 0.5) is 21.5 Å². The quantitative estimate of drug-likeness (QED) is 0.262. The molecule has 7 nitrogen and oxygen atoms in total. The average Bonchev–Trinajstić information content (AvgIpc) is 3.31. The number of rotatable bonds is 6. The lowest BCUT2D eigenvalue weighted by Crippen LogP contribution is -2.13. The van der Waals surface area contributed by atoms with Crippen LogP contribution in [0.3, 0.4) is 0 Å². The second kappa shape index (κ2) is 9.82. The van der Waals surface area contributed by atoms with E-state index < -0.39 is 5.82 Å². The third kappa shape index (κ3) is 4.67. The minimum Gasteiger partial charge on any atom is -0.373 e. The van der Waals surface area contributed by atoms with Crippen molar-refractivity contribution in [2.45, 2.75) is 6.04 Å². The summed E-state index contributed by atoms with van der Waals surface area (Å²) in [5.41, 5.74) is 4.19. The summed E-state index contributed by atoms with van der Waals surface area (Å²) < 4.78 is 15.3. The summed E-state index contributed by atoms with van der Waals surface area (Å²) in [6, 6.07) is 19.6. The predicted molar refractivity (Wildman–Crippen MR) is 139 cm³/mol. The molecule has 0 aliphatic carbocycles. The Balaban J connectivity index is 1.62. The van der Waals surface area contributed by atoms with Gasteiger partial charge in [0.1, 0.15) is 17.6 Å². The molecule has 0 unspecified atom stereocenters. The van der Waals surface area contributed by atoms with E-state index in [-0.39, 0.29) is 11.1 Å². The van der Waals surface area contributed by atoms with Gasteiger partial charge in [-0.25, -0.2) is 4.39 Å². The Kier molecular flexibility index (Phi) is 6.42. The van der Waals surface area contributed by atoms with Crippen LogP contribution in [0.2, 0.25) is 10.0 Å². The number of pyridine rings is 1. The average molecular weight is 518 g/mol. The molecule has 5 rings (SSSR count). The van der Waals surface area contributed by atoms with E-state index in [4.69, 9.17) is 23.2 Å². The van der Waals surface area contributed by atoms with E-state index >= 15 is 0 Å². The van der Waals surface area contributed by atoms with E-state index in [0.717, 1.165) is 11.3 Å². The van der Waals surface area contributed by atoms with Gasteiger partial charge in [-0.1, -0.05) is 58.7 Å². The second-order valence-electron chi connectivity index (χ2n) is 8.07. The molecular formula is C26H18Cl2FN7. The largest absolute Gasteiger partial charge is 0.373 e. The van der Waals surface area contributed by atoms with Crippen molar-refractivity contribution in [3.05, 3.63) is 106 Å². The van der Waals surface area contributed by atoms with Crippen molar-refractivity contribution < 1.29 is 4.39 Å². The van der Waals surface area contributed by atoms with E-state index in [1.807, 2.05) is 42.6 Å².